The lowest BCUT2D eigenvalue weighted by Gasteiger charge is -2.06. The fourth-order valence-corrected chi connectivity index (χ4v) is 1.18. The monoisotopic (exact) mass is 170 g/mol. The summed E-state index contributed by atoms with van der Waals surface area (Å²) in [7, 11) is 0. The van der Waals surface area contributed by atoms with Crippen LogP contribution in [0.2, 0.25) is 0 Å². The molecule has 0 N–H and O–H groups in total. The molecule has 0 spiro atoms. The molecule has 2 heteroatoms. The van der Waals surface area contributed by atoms with E-state index in [4.69, 9.17) is 0 Å². The minimum Gasteiger partial charge on any atom is -0.242 e. The second-order valence-corrected chi connectivity index (χ2v) is 2.79. The third-order valence-electron chi connectivity index (χ3n) is 1.92. The van der Waals surface area contributed by atoms with E-state index in [1.165, 1.54) is 13.0 Å². The molecule has 0 aliphatic heterocycles. The highest BCUT2D eigenvalue weighted by atomic mass is 19.1. The summed E-state index contributed by atoms with van der Waals surface area (Å²) in [5.74, 6) is -0.394. The van der Waals surface area contributed by atoms with Crippen molar-refractivity contribution in [3.63, 3.8) is 0 Å². The number of benzene rings is 1. The minimum atomic E-state index is -1.23. The first-order chi connectivity index (χ1) is 5.66. The summed E-state index contributed by atoms with van der Waals surface area (Å²) >= 11 is 0. The molecule has 1 rings (SSSR count). The van der Waals surface area contributed by atoms with Crippen LogP contribution in [0.3, 0.4) is 0 Å². The SMILES string of the molecule is CCc1cccc([C@H](C)F)c1F. The van der Waals surface area contributed by atoms with Gasteiger partial charge >= 0.3 is 0 Å². The van der Waals surface area contributed by atoms with E-state index in [-0.39, 0.29) is 5.56 Å². The normalized spacial score (nSPS) is 13.0. The molecule has 1 atom stereocenters. The summed E-state index contributed by atoms with van der Waals surface area (Å²) in [6.45, 7) is 3.20. The molecule has 0 radical (unpaired) electrons. The van der Waals surface area contributed by atoms with Crippen molar-refractivity contribution in [2.75, 3.05) is 0 Å². The van der Waals surface area contributed by atoms with Gasteiger partial charge in [-0.05, 0) is 18.9 Å². The third-order valence-corrected chi connectivity index (χ3v) is 1.92. The highest BCUT2D eigenvalue weighted by molar-refractivity contribution is 5.27. The highest BCUT2D eigenvalue weighted by Gasteiger charge is 2.11. The van der Waals surface area contributed by atoms with Gasteiger partial charge in [-0.25, -0.2) is 8.78 Å². The van der Waals surface area contributed by atoms with Crippen molar-refractivity contribution in [3.05, 3.63) is 35.1 Å². The Morgan fingerprint density at radius 2 is 2.08 bits per heavy atom. The maximum atomic E-state index is 13.3. The van der Waals surface area contributed by atoms with E-state index in [0.29, 0.717) is 12.0 Å². The van der Waals surface area contributed by atoms with Crippen molar-refractivity contribution in [2.45, 2.75) is 26.4 Å². The number of aryl methyl sites for hydroxylation is 1. The van der Waals surface area contributed by atoms with Crippen molar-refractivity contribution >= 4 is 0 Å². The van der Waals surface area contributed by atoms with Gasteiger partial charge in [0, 0.05) is 5.56 Å². The van der Waals surface area contributed by atoms with Crippen molar-refractivity contribution < 1.29 is 8.78 Å². The molecule has 0 bridgehead atoms. The van der Waals surface area contributed by atoms with Gasteiger partial charge in [-0.1, -0.05) is 25.1 Å². The van der Waals surface area contributed by atoms with Crippen LogP contribution in [0, 0.1) is 5.82 Å². The van der Waals surface area contributed by atoms with Crippen LogP contribution in [0.5, 0.6) is 0 Å². The highest BCUT2D eigenvalue weighted by Crippen LogP contribution is 2.22. The fourth-order valence-electron chi connectivity index (χ4n) is 1.18. The fraction of sp³-hybridized carbons (Fsp3) is 0.400. The van der Waals surface area contributed by atoms with E-state index in [1.807, 2.05) is 6.92 Å². The number of alkyl halides is 1. The third kappa shape index (κ3) is 1.63. The second kappa shape index (κ2) is 3.65. The van der Waals surface area contributed by atoms with E-state index in [0.717, 1.165) is 0 Å². The first kappa shape index (κ1) is 9.17. The van der Waals surface area contributed by atoms with Gasteiger partial charge in [0.05, 0.1) is 0 Å². The standard InChI is InChI=1S/C10H12F2/c1-3-8-5-4-6-9(7(2)11)10(8)12/h4-7H,3H2,1-2H3/t7-/m0/s1. The number of hydrogen-bond acceptors (Lipinski definition) is 0. The summed E-state index contributed by atoms with van der Waals surface area (Å²) in [5, 5.41) is 0. The zero-order valence-electron chi connectivity index (χ0n) is 7.27. The largest absolute Gasteiger partial charge is 0.242 e. The smallest absolute Gasteiger partial charge is 0.132 e. The Morgan fingerprint density at radius 1 is 1.42 bits per heavy atom. The molecule has 0 saturated heterocycles. The van der Waals surface area contributed by atoms with Crippen molar-refractivity contribution in [3.8, 4) is 0 Å². The van der Waals surface area contributed by atoms with Crippen LogP contribution in [0.1, 0.15) is 31.1 Å². The van der Waals surface area contributed by atoms with Crippen LogP contribution in [-0.4, -0.2) is 0 Å². The Balaban J connectivity index is 3.14. The van der Waals surface area contributed by atoms with Gasteiger partial charge in [0.2, 0.25) is 0 Å². The van der Waals surface area contributed by atoms with Crippen LogP contribution in [0.4, 0.5) is 8.78 Å². The molecule has 1 aromatic rings. The van der Waals surface area contributed by atoms with E-state index >= 15 is 0 Å². The summed E-state index contributed by atoms with van der Waals surface area (Å²) in [5.41, 5.74) is 0.742. The molecule has 0 heterocycles. The van der Waals surface area contributed by atoms with E-state index in [1.54, 1.807) is 12.1 Å². The molecule has 0 saturated carbocycles. The van der Waals surface area contributed by atoms with Crippen LogP contribution < -0.4 is 0 Å². The lowest BCUT2D eigenvalue weighted by molar-refractivity contribution is 0.360. The van der Waals surface area contributed by atoms with E-state index in [2.05, 4.69) is 0 Å². The topological polar surface area (TPSA) is 0 Å². The number of halogens is 2. The van der Waals surface area contributed by atoms with E-state index in [9.17, 15) is 8.78 Å². The van der Waals surface area contributed by atoms with Crippen molar-refractivity contribution in [2.24, 2.45) is 0 Å². The quantitative estimate of drug-likeness (QED) is 0.638. The zero-order chi connectivity index (χ0) is 9.14. The Hall–Kier alpha value is -0.920. The van der Waals surface area contributed by atoms with Crippen LogP contribution in [-0.2, 0) is 6.42 Å². The minimum absolute atomic E-state index is 0.161. The molecule has 0 aliphatic carbocycles. The summed E-state index contributed by atoms with van der Waals surface area (Å²) in [6, 6.07) is 4.85. The predicted octanol–water partition coefficient (Wildman–Crippen LogP) is 3.42. The molecule has 0 amide bonds. The van der Waals surface area contributed by atoms with Crippen LogP contribution >= 0.6 is 0 Å². The summed E-state index contributed by atoms with van der Waals surface area (Å²) in [6.07, 6.45) is -0.622. The predicted molar refractivity (Wildman–Crippen MR) is 45.3 cm³/mol. The molecule has 0 fully saturated rings. The lowest BCUT2D eigenvalue weighted by Crippen LogP contribution is -1.96. The number of rotatable bonds is 2. The molecular formula is C10H12F2. The molecule has 0 nitrogen and oxygen atoms in total. The second-order valence-electron chi connectivity index (χ2n) is 2.79. The molecule has 0 aromatic heterocycles. The van der Waals surface area contributed by atoms with E-state index < -0.39 is 12.0 Å². The van der Waals surface area contributed by atoms with Crippen molar-refractivity contribution in [1.82, 2.24) is 0 Å². The average Bonchev–Trinajstić information content (AvgIpc) is 2.04. The Morgan fingerprint density at radius 3 is 2.58 bits per heavy atom. The zero-order valence-corrected chi connectivity index (χ0v) is 7.27. The Bertz CT molecular complexity index is 267. The van der Waals surface area contributed by atoms with Gasteiger partial charge in [-0.3, -0.25) is 0 Å². The molecule has 0 aliphatic rings. The molecule has 1 aromatic carbocycles. The molecule has 12 heavy (non-hydrogen) atoms. The van der Waals surface area contributed by atoms with Crippen LogP contribution in [0.25, 0.3) is 0 Å². The Kier molecular flexibility index (Phi) is 2.79. The van der Waals surface area contributed by atoms with Crippen molar-refractivity contribution in [1.29, 1.82) is 0 Å². The molecule has 66 valence electrons. The van der Waals surface area contributed by atoms with Gasteiger partial charge < -0.3 is 0 Å². The first-order valence-corrected chi connectivity index (χ1v) is 4.08. The van der Waals surface area contributed by atoms with Gasteiger partial charge in [-0.2, -0.15) is 0 Å². The van der Waals surface area contributed by atoms with Gasteiger partial charge in [0.15, 0.2) is 0 Å². The summed E-state index contributed by atoms with van der Waals surface area (Å²) in [4.78, 5) is 0. The molecular weight excluding hydrogens is 158 g/mol. The van der Waals surface area contributed by atoms with Gasteiger partial charge in [0.25, 0.3) is 0 Å². The average molecular weight is 170 g/mol. The lowest BCUT2D eigenvalue weighted by atomic mass is 10.1. The van der Waals surface area contributed by atoms with Gasteiger partial charge in [-0.15, -0.1) is 0 Å². The van der Waals surface area contributed by atoms with Gasteiger partial charge in [0.1, 0.15) is 12.0 Å². The van der Waals surface area contributed by atoms with Crippen LogP contribution in [0.15, 0.2) is 18.2 Å². The molecule has 0 unspecified atom stereocenters. The first-order valence-electron chi connectivity index (χ1n) is 4.08. The maximum absolute atomic E-state index is 13.3. The maximum Gasteiger partial charge on any atom is 0.132 e. The summed E-state index contributed by atoms with van der Waals surface area (Å²) < 4.78 is 26.1. The number of hydrogen-bond donors (Lipinski definition) is 0. The Labute approximate surface area is 71.2 Å².